The SMILES string of the molecule is CC1(C)CN(C(=O)CSc2ccncc2)CC(CO)O1. The van der Waals surface area contributed by atoms with E-state index in [-0.39, 0.29) is 18.6 Å². The summed E-state index contributed by atoms with van der Waals surface area (Å²) in [5.74, 6) is 0.458. The summed E-state index contributed by atoms with van der Waals surface area (Å²) in [4.78, 5) is 19.0. The van der Waals surface area contributed by atoms with Gasteiger partial charge in [0, 0.05) is 30.4 Å². The second-order valence-corrected chi connectivity index (χ2v) is 6.48. The van der Waals surface area contributed by atoms with Gasteiger partial charge in [-0.2, -0.15) is 0 Å². The molecular formula is C14H20N2O3S. The van der Waals surface area contributed by atoms with E-state index in [4.69, 9.17) is 4.74 Å². The lowest BCUT2D eigenvalue weighted by Crippen LogP contribution is -2.56. The molecule has 1 atom stereocenters. The number of aromatic nitrogens is 1. The van der Waals surface area contributed by atoms with Gasteiger partial charge in [-0.05, 0) is 26.0 Å². The summed E-state index contributed by atoms with van der Waals surface area (Å²) in [7, 11) is 0. The number of hydrogen-bond donors (Lipinski definition) is 1. The number of carbonyl (C=O) groups is 1. The summed E-state index contributed by atoms with van der Waals surface area (Å²) in [6, 6.07) is 3.77. The minimum absolute atomic E-state index is 0.0648. The Morgan fingerprint density at radius 3 is 2.90 bits per heavy atom. The van der Waals surface area contributed by atoms with Crippen molar-refractivity contribution >= 4 is 17.7 Å². The highest BCUT2D eigenvalue weighted by molar-refractivity contribution is 8.00. The molecule has 6 heteroatoms. The van der Waals surface area contributed by atoms with Crippen LogP contribution in [-0.2, 0) is 9.53 Å². The molecule has 1 amide bonds. The largest absolute Gasteiger partial charge is 0.394 e. The molecule has 20 heavy (non-hydrogen) atoms. The number of pyridine rings is 1. The normalized spacial score (nSPS) is 21.8. The van der Waals surface area contributed by atoms with Gasteiger partial charge in [-0.25, -0.2) is 0 Å². The lowest BCUT2D eigenvalue weighted by molar-refractivity contribution is -0.165. The Labute approximate surface area is 123 Å². The molecule has 0 radical (unpaired) electrons. The molecule has 1 unspecified atom stereocenters. The zero-order chi connectivity index (χ0) is 14.6. The Morgan fingerprint density at radius 2 is 2.25 bits per heavy atom. The van der Waals surface area contributed by atoms with Gasteiger partial charge in [-0.3, -0.25) is 9.78 Å². The highest BCUT2D eigenvalue weighted by atomic mass is 32.2. The van der Waals surface area contributed by atoms with E-state index in [9.17, 15) is 9.90 Å². The molecule has 2 rings (SSSR count). The average molecular weight is 296 g/mol. The van der Waals surface area contributed by atoms with Gasteiger partial charge in [0.25, 0.3) is 0 Å². The Balaban J connectivity index is 1.91. The number of thioether (sulfide) groups is 1. The van der Waals surface area contributed by atoms with Crippen LogP contribution in [0.25, 0.3) is 0 Å². The van der Waals surface area contributed by atoms with Gasteiger partial charge in [0.05, 0.1) is 24.1 Å². The molecule has 1 saturated heterocycles. The van der Waals surface area contributed by atoms with E-state index in [0.29, 0.717) is 18.8 Å². The van der Waals surface area contributed by atoms with E-state index >= 15 is 0 Å². The van der Waals surface area contributed by atoms with Gasteiger partial charge >= 0.3 is 0 Å². The number of hydrogen-bond acceptors (Lipinski definition) is 5. The van der Waals surface area contributed by atoms with Gasteiger partial charge in [0.1, 0.15) is 0 Å². The molecular weight excluding hydrogens is 276 g/mol. The molecule has 0 saturated carbocycles. The lowest BCUT2D eigenvalue weighted by atomic mass is 10.1. The standard InChI is InChI=1S/C14H20N2O3S/c1-14(2)10-16(7-11(8-17)19-14)13(18)9-20-12-3-5-15-6-4-12/h3-6,11,17H,7-10H2,1-2H3. The number of morpholine rings is 1. The summed E-state index contributed by atoms with van der Waals surface area (Å²) in [6.45, 7) is 4.82. The van der Waals surface area contributed by atoms with Crippen LogP contribution in [0.15, 0.2) is 29.4 Å². The third-order valence-corrected chi connectivity index (χ3v) is 4.05. The number of carbonyl (C=O) groups excluding carboxylic acids is 1. The minimum Gasteiger partial charge on any atom is -0.394 e. The van der Waals surface area contributed by atoms with Crippen molar-refractivity contribution in [3.63, 3.8) is 0 Å². The van der Waals surface area contributed by atoms with E-state index < -0.39 is 5.60 Å². The predicted octanol–water partition coefficient (Wildman–Crippen LogP) is 1.17. The molecule has 1 N–H and O–H groups in total. The van der Waals surface area contributed by atoms with Crippen LogP contribution in [0.1, 0.15) is 13.8 Å². The Hall–Kier alpha value is -1.11. The van der Waals surface area contributed by atoms with Crippen molar-refractivity contribution in [2.75, 3.05) is 25.4 Å². The van der Waals surface area contributed by atoms with Crippen LogP contribution >= 0.6 is 11.8 Å². The summed E-state index contributed by atoms with van der Waals surface area (Å²) in [5.41, 5.74) is -0.414. The summed E-state index contributed by atoms with van der Waals surface area (Å²) in [6.07, 6.45) is 3.13. The first-order valence-corrected chi connectivity index (χ1v) is 7.58. The topological polar surface area (TPSA) is 62.7 Å². The molecule has 0 spiro atoms. The molecule has 110 valence electrons. The number of aliphatic hydroxyl groups excluding tert-OH is 1. The summed E-state index contributed by atoms with van der Waals surface area (Å²) in [5, 5.41) is 9.26. The molecule has 0 bridgehead atoms. The fourth-order valence-electron chi connectivity index (χ4n) is 2.25. The number of ether oxygens (including phenoxy) is 1. The zero-order valence-corrected chi connectivity index (χ0v) is 12.6. The first-order valence-electron chi connectivity index (χ1n) is 6.59. The maximum absolute atomic E-state index is 12.3. The van der Waals surface area contributed by atoms with E-state index in [1.54, 1.807) is 17.3 Å². The van der Waals surface area contributed by atoms with Crippen LogP contribution < -0.4 is 0 Å². The molecule has 0 aliphatic carbocycles. The fourth-order valence-corrected chi connectivity index (χ4v) is 3.04. The van der Waals surface area contributed by atoms with Crippen LogP contribution in [-0.4, -0.2) is 58.1 Å². The van der Waals surface area contributed by atoms with E-state index in [1.165, 1.54) is 11.8 Å². The lowest BCUT2D eigenvalue weighted by Gasteiger charge is -2.42. The molecule has 5 nitrogen and oxygen atoms in total. The maximum Gasteiger partial charge on any atom is 0.233 e. The molecule has 1 aliphatic rings. The molecule has 2 heterocycles. The Kier molecular flexibility index (Phi) is 5.01. The highest BCUT2D eigenvalue weighted by Gasteiger charge is 2.35. The van der Waals surface area contributed by atoms with Crippen molar-refractivity contribution in [1.82, 2.24) is 9.88 Å². The average Bonchev–Trinajstić information content (AvgIpc) is 2.44. The zero-order valence-electron chi connectivity index (χ0n) is 11.8. The van der Waals surface area contributed by atoms with Crippen LogP contribution in [0, 0.1) is 0 Å². The second-order valence-electron chi connectivity index (χ2n) is 5.43. The van der Waals surface area contributed by atoms with E-state index in [1.807, 2.05) is 26.0 Å². The number of rotatable bonds is 4. The predicted molar refractivity (Wildman–Crippen MR) is 77.6 cm³/mol. The molecule has 0 aromatic carbocycles. The minimum atomic E-state index is -0.414. The van der Waals surface area contributed by atoms with Gasteiger partial charge < -0.3 is 14.7 Å². The number of nitrogens with zero attached hydrogens (tertiary/aromatic N) is 2. The second kappa shape index (κ2) is 6.56. The van der Waals surface area contributed by atoms with Crippen molar-refractivity contribution in [3.05, 3.63) is 24.5 Å². The Morgan fingerprint density at radius 1 is 1.55 bits per heavy atom. The van der Waals surface area contributed by atoms with E-state index in [2.05, 4.69) is 4.98 Å². The smallest absolute Gasteiger partial charge is 0.233 e. The van der Waals surface area contributed by atoms with Crippen molar-refractivity contribution in [2.45, 2.75) is 30.4 Å². The van der Waals surface area contributed by atoms with Crippen LogP contribution in [0.5, 0.6) is 0 Å². The maximum atomic E-state index is 12.3. The molecule has 1 aliphatic heterocycles. The first kappa shape index (κ1) is 15.3. The monoisotopic (exact) mass is 296 g/mol. The highest BCUT2D eigenvalue weighted by Crippen LogP contribution is 2.23. The van der Waals surface area contributed by atoms with Crippen molar-refractivity contribution < 1.29 is 14.6 Å². The Bertz CT molecular complexity index is 453. The van der Waals surface area contributed by atoms with Gasteiger partial charge in [0.15, 0.2) is 0 Å². The van der Waals surface area contributed by atoms with Gasteiger partial charge in [-0.15, -0.1) is 11.8 Å². The van der Waals surface area contributed by atoms with Gasteiger partial charge in [-0.1, -0.05) is 0 Å². The molecule has 1 aromatic rings. The number of aliphatic hydroxyl groups is 1. The third-order valence-electron chi connectivity index (χ3n) is 3.05. The van der Waals surface area contributed by atoms with Crippen molar-refractivity contribution in [3.8, 4) is 0 Å². The molecule has 1 fully saturated rings. The fraction of sp³-hybridized carbons (Fsp3) is 0.571. The summed E-state index contributed by atoms with van der Waals surface area (Å²) < 4.78 is 5.71. The first-order chi connectivity index (χ1) is 9.50. The van der Waals surface area contributed by atoms with Gasteiger partial charge in [0.2, 0.25) is 5.91 Å². The molecule has 1 aromatic heterocycles. The van der Waals surface area contributed by atoms with Crippen molar-refractivity contribution in [1.29, 1.82) is 0 Å². The van der Waals surface area contributed by atoms with Crippen LogP contribution in [0.4, 0.5) is 0 Å². The quantitative estimate of drug-likeness (QED) is 0.845. The van der Waals surface area contributed by atoms with Crippen LogP contribution in [0.3, 0.4) is 0 Å². The number of amides is 1. The summed E-state index contributed by atoms with van der Waals surface area (Å²) >= 11 is 1.50. The van der Waals surface area contributed by atoms with E-state index in [0.717, 1.165) is 4.90 Å². The third kappa shape index (κ3) is 4.19. The van der Waals surface area contributed by atoms with Crippen LogP contribution in [0.2, 0.25) is 0 Å². The van der Waals surface area contributed by atoms with Crippen molar-refractivity contribution in [2.24, 2.45) is 0 Å².